The van der Waals surface area contributed by atoms with Gasteiger partial charge >= 0.3 is 5.97 Å². The third kappa shape index (κ3) is 1.91. The normalized spacial score (nSPS) is 33.8. The number of carbonyl (C=O) groups is 1. The molecule has 0 aliphatic carbocycles. The Balaban J connectivity index is 2.15. The highest BCUT2D eigenvalue weighted by Gasteiger charge is 2.51. The first-order valence-corrected chi connectivity index (χ1v) is 6.48. The molecular formula is C13H14O9. The Bertz CT molecular complexity index is 628. The van der Waals surface area contributed by atoms with E-state index < -0.39 is 60.3 Å². The second-order valence-electron chi connectivity index (χ2n) is 5.18. The molecule has 1 fully saturated rings. The molecule has 9 heteroatoms. The number of ether oxygens (including phenoxy) is 2. The lowest BCUT2D eigenvalue weighted by atomic mass is 9.86. The molecule has 22 heavy (non-hydrogen) atoms. The minimum atomic E-state index is -1.55. The van der Waals surface area contributed by atoms with Crippen LogP contribution in [-0.2, 0) is 9.47 Å². The summed E-state index contributed by atoms with van der Waals surface area (Å²) in [5.41, 5.74) is -0.421. The summed E-state index contributed by atoms with van der Waals surface area (Å²) in [5, 5.41) is 58.1. The third-order valence-electron chi connectivity index (χ3n) is 3.91. The van der Waals surface area contributed by atoms with Crippen molar-refractivity contribution < 1.29 is 44.9 Å². The molecule has 9 nitrogen and oxygen atoms in total. The molecule has 3 rings (SSSR count). The first-order valence-electron chi connectivity index (χ1n) is 6.48. The van der Waals surface area contributed by atoms with Gasteiger partial charge in [0.2, 0.25) is 5.75 Å². The molecule has 5 atom stereocenters. The lowest BCUT2D eigenvalue weighted by Gasteiger charge is -2.44. The van der Waals surface area contributed by atoms with E-state index in [1.54, 1.807) is 0 Å². The van der Waals surface area contributed by atoms with Crippen LogP contribution in [0.25, 0.3) is 0 Å². The number of hydrogen-bond acceptors (Lipinski definition) is 9. The predicted molar refractivity (Wildman–Crippen MR) is 67.4 cm³/mol. The van der Waals surface area contributed by atoms with Gasteiger partial charge in [-0.1, -0.05) is 0 Å². The molecule has 2 heterocycles. The SMILES string of the molecule is O=C1O[C@H]2[C@H](O)[C@H](O)[C@H](CO)O[C@@H]2c2c1cc(O)c(O)c2O. The predicted octanol–water partition coefficient (Wildman–Crippen LogP) is -1.50. The number of phenols is 3. The minimum Gasteiger partial charge on any atom is -0.504 e. The number of aliphatic hydroxyl groups excluding tert-OH is 3. The van der Waals surface area contributed by atoms with Gasteiger partial charge in [-0.15, -0.1) is 0 Å². The molecule has 0 aromatic heterocycles. The Labute approximate surface area is 123 Å². The zero-order chi connectivity index (χ0) is 16.2. The van der Waals surface area contributed by atoms with Crippen molar-refractivity contribution in [2.75, 3.05) is 6.61 Å². The number of hydrogen-bond donors (Lipinski definition) is 6. The molecule has 0 saturated carbocycles. The Hall–Kier alpha value is -2.07. The lowest BCUT2D eigenvalue weighted by molar-refractivity contribution is -0.235. The van der Waals surface area contributed by atoms with Gasteiger partial charge in [-0.05, 0) is 6.07 Å². The van der Waals surface area contributed by atoms with Gasteiger partial charge in [0.25, 0.3) is 0 Å². The van der Waals surface area contributed by atoms with E-state index in [0.717, 1.165) is 6.07 Å². The van der Waals surface area contributed by atoms with Crippen LogP contribution >= 0.6 is 0 Å². The second-order valence-corrected chi connectivity index (χ2v) is 5.18. The van der Waals surface area contributed by atoms with Crippen LogP contribution in [-0.4, -0.2) is 67.6 Å². The molecule has 0 unspecified atom stereocenters. The molecule has 2 aliphatic rings. The van der Waals surface area contributed by atoms with Gasteiger partial charge in [0.05, 0.1) is 12.2 Å². The van der Waals surface area contributed by atoms with E-state index in [9.17, 15) is 35.4 Å². The van der Waals surface area contributed by atoms with E-state index in [1.165, 1.54) is 0 Å². The van der Waals surface area contributed by atoms with Gasteiger partial charge < -0.3 is 40.1 Å². The van der Waals surface area contributed by atoms with Crippen molar-refractivity contribution >= 4 is 5.97 Å². The highest BCUT2D eigenvalue weighted by Crippen LogP contribution is 2.49. The number of aliphatic hydroxyl groups is 3. The number of esters is 1. The molecule has 0 radical (unpaired) electrons. The average Bonchev–Trinajstić information content (AvgIpc) is 2.49. The van der Waals surface area contributed by atoms with Gasteiger partial charge in [-0.25, -0.2) is 4.79 Å². The monoisotopic (exact) mass is 314 g/mol. The van der Waals surface area contributed by atoms with E-state index in [1.807, 2.05) is 0 Å². The summed E-state index contributed by atoms with van der Waals surface area (Å²) >= 11 is 0. The van der Waals surface area contributed by atoms with Crippen molar-refractivity contribution in [3.63, 3.8) is 0 Å². The summed E-state index contributed by atoms with van der Waals surface area (Å²) in [5.74, 6) is -3.32. The fourth-order valence-corrected chi connectivity index (χ4v) is 2.76. The third-order valence-corrected chi connectivity index (χ3v) is 3.91. The fourth-order valence-electron chi connectivity index (χ4n) is 2.76. The van der Waals surface area contributed by atoms with Crippen LogP contribution in [0.5, 0.6) is 17.2 Å². The average molecular weight is 314 g/mol. The van der Waals surface area contributed by atoms with Crippen molar-refractivity contribution in [3.05, 3.63) is 17.2 Å². The topological polar surface area (TPSA) is 157 Å². The van der Waals surface area contributed by atoms with E-state index >= 15 is 0 Å². The Morgan fingerprint density at radius 2 is 1.77 bits per heavy atom. The number of fused-ring (bicyclic) bond motifs is 3. The molecule has 1 aromatic rings. The Kier molecular flexibility index (Phi) is 3.37. The molecule has 1 aromatic carbocycles. The summed E-state index contributed by atoms with van der Waals surface area (Å²) < 4.78 is 10.4. The maximum absolute atomic E-state index is 11.9. The molecule has 120 valence electrons. The molecule has 1 saturated heterocycles. The van der Waals surface area contributed by atoms with Gasteiger partial charge in [0, 0.05) is 5.56 Å². The number of rotatable bonds is 1. The summed E-state index contributed by atoms with van der Waals surface area (Å²) in [6, 6.07) is 0.900. The largest absolute Gasteiger partial charge is 0.504 e. The number of carbonyl (C=O) groups excluding carboxylic acids is 1. The van der Waals surface area contributed by atoms with Gasteiger partial charge in [-0.2, -0.15) is 0 Å². The summed E-state index contributed by atoms with van der Waals surface area (Å²) in [7, 11) is 0. The number of aromatic hydroxyl groups is 3. The zero-order valence-electron chi connectivity index (χ0n) is 11.1. The van der Waals surface area contributed by atoms with Crippen LogP contribution < -0.4 is 0 Å². The van der Waals surface area contributed by atoms with Gasteiger partial charge in [-0.3, -0.25) is 0 Å². The highest BCUT2D eigenvalue weighted by atomic mass is 16.6. The molecule has 0 bridgehead atoms. The second kappa shape index (κ2) is 4.99. The van der Waals surface area contributed by atoms with Gasteiger partial charge in [0.1, 0.15) is 24.4 Å². The minimum absolute atomic E-state index is 0.180. The van der Waals surface area contributed by atoms with E-state index in [4.69, 9.17) is 9.47 Å². The standard InChI is InChI=1S/C13H14O9/c14-2-5-8(17)10(19)12-11(21-5)6-3(13(20)22-12)1-4(15)7(16)9(6)18/h1,5,8,10-12,14-19H,2H2/t5-,8+,10+,11+,12-/m0/s1. The number of benzene rings is 1. The summed E-state index contributed by atoms with van der Waals surface area (Å²) in [6.07, 6.45) is -6.75. The van der Waals surface area contributed by atoms with E-state index in [0.29, 0.717) is 0 Å². The van der Waals surface area contributed by atoms with Crippen LogP contribution in [0.15, 0.2) is 6.07 Å². The lowest BCUT2D eigenvalue weighted by Crippen LogP contribution is -2.58. The first-order chi connectivity index (χ1) is 10.4. The molecular weight excluding hydrogens is 300 g/mol. The highest BCUT2D eigenvalue weighted by molar-refractivity contribution is 5.95. The van der Waals surface area contributed by atoms with Crippen LogP contribution in [0.3, 0.4) is 0 Å². The van der Waals surface area contributed by atoms with Crippen LogP contribution in [0.1, 0.15) is 22.0 Å². The quantitative estimate of drug-likeness (QED) is 0.268. The molecule has 6 N–H and O–H groups in total. The van der Waals surface area contributed by atoms with E-state index in [-0.39, 0.29) is 11.1 Å². The Morgan fingerprint density at radius 1 is 1.09 bits per heavy atom. The van der Waals surface area contributed by atoms with Crippen molar-refractivity contribution in [1.82, 2.24) is 0 Å². The summed E-state index contributed by atoms with van der Waals surface area (Å²) in [4.78, 5) is 11.9. The zero-order valence-corrected chi connectivity index (χ0v) is 11.1. The van der Waals surface area contributed by atoms with Crippen LogP contribution in [0, 0.1) is 0 Å². The molecule has 0 spiro atoms. The van der Waals surface area contributed by atoms with Crippen molar-refractivity contribution in [1.29, 1.82) is 0 Å². The Morgan fingerprint density at radius 3 is 2.41 bits per heavy atom. The smallest absolute Gasteiger partial charge is 0.339 e. The van der Waals surface area contributed by atoms with Crippen LogP contribution in [0.2, 0.25) is 0 Å². The van der Waals surface area contributed by atoms with Crippen molar-refractivity contribution in [2.45, 2.75) is 30.5 Å². The van der Waals surface area contributed by atoms with Crippen molar-refractivity contribution in [2.24, 2.45) is 0 Å². The summed E-state index contributed by atoms with van der Waals surface area (Å²) in [6.45, 7) is -0.616. The van der Waals surface area contributed by atoms with Gasteiger partial charge in [0.15, 0.2) is 17.6 Å². The molecule has 2 aliphatic heterocycles. The fraction of sp³-hybridized carbons (Fsp3) is 0.462. The maximum Gasteiger partial charge on any atom is 0.339 e. The first kappa shape index (κ1) is 14.9. The van der Waals surface area contributed by atoms with E-state index in [2.05, 4.69) is 0 Å². The van der Waals surface area contributed by atoms with Crippen LogP contribution in [0.4, 0.5) is 0 Å². The molecule has 0 amide bonds. The van der Waals surface area contributed by atoms with Crippen molar-refractivity contribution in [3.8, 4) is 17.2 Å². The number of phenolic OH excluding ortho intramolecular Hbond substituents is 3. The maximum atomic E-state index is 11.9.